The van der Waals surface area contributed by atoms with Crippen LogP contribution >= 0.6 is 11.3 Å². The van der Waals surface area contributed by atoms with Crippen molar-refractivity contribution in [3.63, 3.8) is 0 Å². The highest BCUT2D eigenvalue weighted by molar-refractivity contribution is 7.10. The molecule has 2 rings (SSSR count). The van der Waals surface area contributed by atoms with Gasteiger partial charge in [0.15, 0.2) is 0 Å². The molecule has 0 aliphatic heterocycles. The number of carboxylic acids is 1. The molecule has 0 saturated carbocycles. The second kappa shape index (κ2) is 5.89. The van der Waals surface area contributed by atoms with Gasteiger partial charge in [0.2, 0.25) is 0 Å². The van der Waals surface area contributed by atoms with Crippen molar-refractivity contribution in [2.45, 2.75) is 26.8 Å². The number of aromatic carboxylic acids is 1. The fourth-order valence-electron chi connectivity index (χ4n) is 2.00. The highest BCUT2D eigenvalue weighted by Crippen LogP contribution is 2.22. The second-order valence-electron chi connectivity index (χ2n) is 4.43. The minimum absolute atomic E-state index is 0.320. The molecule has 0 saturated heterocycles. The summed E-state index contributed by atoms with van der Waals surface area (Å²) in [5.41, 5.74) is 3.37. The van der Waals surface area contributed by atoms with Crippen LogP contribution in [-0.4, -0.2) is 11.1 Å². The summed E-state index contributed by atoms with van der Waals surface area (Å²) in [6, 6.07) is 7.46. The minimum atomic E-state index is -0.899. The lowest BCUT2D eigenvalue weighted by molar-refractivity contribution is 0.0698. The Morgan fingerprint density at radius 1 is 1.37 bits per heavy atom. The first-order chi connectivity index (χ1) is 9.11. The van der Waals surface area contributed by atoms with Crippen LogP contribution in [0.3, 0.4) is 0 Å². The van der Waals surface area contributed by atoms with Crippen LogP contribution in [0.1, 0.15) is 33.3 Å². The number of benzene rings is 1. The molecule has 0 aliphatic rings. The molecule has 19 heavy (non-hydrogen) atoms. The summed E-state index contributed by atoms with van der Waals surface area (Å²) in [5.74, 6) is -0.899. The quantitative estimate of drug-likeness (QED) is 0.869. The Morgan fingerprint density at radius 2 is 2.16 bits per heavy atom. The number of hydrogen-bond donors (Lipinski definition) is 2. The smallest absolute Gasteiger partial charge is 0.337 e. The Morgan fingerprint density at radius 3 is 2.84 bits per heavy atom. The molecule has 1 aromatic carbocycles. The van der Waals surface area contributed by atoms with Gasteiger partial charge in [-0.3, -0.25) is 0 Å². The zero-order chi connectivity index (χ0) is 13.8. The van der Waals surface area contributed by atoms with E-state index in [-0.39, 0.29) is 0 Å². The third-order valence-corrected chi connectivity index (χ3v) is 4.03. The van der Waals surface area contributed by atoms with Crippen LogP contribution in [0.25, 0.3) is 0 Å². The zero-order valence-corrected chi connectivity index (χ0v) is 11.9. The van der Waals surface area contributed by atoms with Crippen molar-refractivity contribution < 1.29 is 9.90 Å². The highest BCUT2D eigenvalue weighted by Gasteiger charge is 2.10. The maximum absolute atomic E-state index is 11.2. The summed E-state index contributed by atoms with van der Waals surface area (Å²) in [5, 5.41) is 14.5. The molecule has 4 heteroatoms. The van der Waals surface area contributed by atoms with E-state index in [4.69, 9.17) is 0 Å². The van der Waals surface area contributed by atoms with E-state index in [9.17, 15) is 9.90 Å². The summed E-state index contributed by atoms with van der Waals surface area (Å²) in [7, 11) is 0. The molecule has 0 amide bonds. The molecule has 0 spiro atoms. The molecule has 0 unspecified atom stereocenters. The molecule has 1 aromatic heterocycles. The lowest BCUT2D eigenvalue weighted by atomic mass is 10.1. The van der Waals surface area contributed by atoms with Crippen molar-refractivity contribution in [1.82, 2.24) is 0 Å². The Kier molecular flexibility index (Phi) is 4.22. The van der Waals surface area contributed by atoms with Crippen LogP contribution in [-0.2, 0) is 13.0 Å². The van der Waals surface area contributed by atoms with E-state index >= 15 is 0 Å². The number of carboxylic acid groups (broad SMARTS) is 1. The average molecular weight is 275 g/mol. The topological polar surface area (TPSA) is 49.3 Å². The number of thiophene rings is 1. The lowest BCUT2D eigenvalue weighted by Gasteiger charge is -2.10. The van der Waals surface area contributed by atoms with E-state index < -0.39 is 5.97 Å². The van der Waals surface area contributed by atoms with Gasteiger partial charge in [-0.05, 0) is 48.1 Å². The van der Waals surface area contributed by atoms with Crippen molar-refractivity contribution in [2.24, 2.45) is 0 Å². The Hall–Kier alpha value is -1.81. The molecule has 3 nitrogen and oxygen atoms in total. The van der Waals surface area contributed by atoms with Gasteiger partial charge in [-0.2, -0.15) is 0 Å². The van der Waals surface area contributed by atoms with Crippen molar-refractivity contribution in [1.29, 1.82) is 0 Å². The Labute approximate surface area is 116 Å². The molecule has 0 atom stereocenters. The third kappa shape index (κ3) is 3.15. The molecule has 2 N–H and O–H groups in total. The third-order valence-electron chi connectivity index (χ3n) is 3.06. The molecule has 2 aromatic rings. The Bertz CT molecular complexity index is 590. The molecule has 0 bridgehead atoms. The predicted octanol–water partition coefficient (Wildman–Crippen LogP) is 3.93. The van der Waals surface area contributed by atoms with E-state index in [1.54, 1.807) is 17.4 Å². The molecule has 1 heterocycles. The van der Waals surface area contributed by atoms with Gasteiger partial charge in [-0.15, -0.1) is 11.3 Å². The highest BCUT2D eigenvalue weighted by atomic mass is 32.1. The van der Waals surface area contributed by atoms with E-state index in [1.165, 1.54) is 10.4 Å². The summed E-state index contributed by atoms with van der Waals surface area (Å²) in [4.78, 5) is 12.4. The molecular formula is C15H17NO2S. The van der Waals surface area contributed by atoms with Gasteiger partial charge in [0.25, 0.3) is 0 Å². The molecule has 100 valence electrons. The monoisotopic (exact) mass is 275 g/mol. The zero-order valence-electron chi connectivity index (χ0n) is 11.1. The standard InChI is InChI=1S/C15H17NO2S/c1-3-11-6-7-19-14(11)9-16-13-8-10(2)4-5-12(13)15(17)18/h4-8,16H,3,9H2,1-2H3,(H,17,18). The lowest BCUT2D eigenvalue weighted by Crippen LogP contribution is -2.06. The normalized spacial score (nSPS) is 10.4. The van der Waals surface area contributed by atoms with Crippen LogP contribution in [0, 0.1) is 6.92 Å². The van der Waals surface area contributed by atoms with Gasteiger partial charge >= 0.3 is 5.97 Å². The number of aryl methyl sites for hydroxylation is 2. The average Bonchev–Trinajstić information content (AvgIpc) is 2.83. The summed E-state index contributed by atoms with van der Waals surface area (Å²) >= 11 is 1.70. The first-order valence-corrected chi connectivity index (χ1v) is 7.13. The summed E-state index contributed by atoms with van der Waals surface area (Å²) < 4.78 is 0. The van der Waals surface area contributed by atoms with Crippen LogP contribution in [0.2, 0.25) is 0 Å². The fraction of sp³-hybridized carbons (Fsp3) is 0.267. The first-order valence-electron chi connectivity index (χ1n) is 6.25. The van der Waals surface area contributed by atoms with Gasteiger partial charge < -0.3 is 10.4 Å². The molecule has 0 aliphatic carbocycles. The minimum Gasteiger partial charge on any atom is -0.478 e. The van der Waals surface area contributed by atoms with E-state index in [2.05, 4.69) is 23.7 Å². The summed E-state index contributed by atoms with van der Waals surface area (Å²) in [6.45, 7) is 4.75. The fourth-order valence-corrected chi connectivity index (χ4v) is 2.92. The second-order valence-corrected chi connectivity index (χ2v) is 5.43. The number of rotatable bonds is 5. The Balaban J connectivity index is 2.19. The predicted molar refractivity (Wildman–Crippen MR) is 79.2 cm³/mol. The van der Waals surface area contributed by atoms with Crippen molar-refractivity contribution in [3.8, 4) is 0 Å². The van der Waals surface area contributed by atoms with Gasteiger partial charge in [0.1, 0.15) is 0 Å². The maximum Gasteiger partial charge on any atom is 0.337 e. The van der Waals surface area contributed by atoms with E-state index in [0.29, 0.717) is 17.8 Å². The number of nitrogens with one attached hydrogen (secondary N) is 1. The van der Waals surface area contributed by atoms with Gasteiger partial charge in [-0.25, -0.2) is 4.79 Å². The van der Waals surface area contributed by atoms with Crippen LogP contribution < -0.4 is 5.32 Å². The summed E-state index contributed by atoms with van der Waals surface area (Å²) in [6.07, 6.45) is 1.00. The van der Waals surface area contributed by atoms with E-state index in [0.717, 1.165) is 12.0 Å². The van der Waals surface area contributed by atoms with E-state index in [1.807, 2.05) is 19.1 Å². The SMILES string of the molecule is CCc1ccsc1CNc1cc(C)ccc1C(=O)O. The van der Waals surface area contributed by atoms with Crippen LogP contribution in [0.5, 0.6) is 0 Å². The van der Waals surface area contributed by atoms with Crippen molar-refractivity contribution in [3.05, 3.63) is 51.2 Å². The largest absolute Gasteiger partial charge is 0.478 e. The molecular weight excluding hydrogens is 258 g/mol. The van der Waals surface area contributed by atoms with Crippen molar-refractivity contribution in [2.75, 3.05) is 5.32 Å². The first kappa shape index (κ1) is 13.6. The van der Waals surface area contributed by atoms with Crippen LogP contribution in [0.4, 0.5) is 5.69 Å². The maximum atomic E-state index is 11.2. The number of carbonyl (C=O) groups is 1. The number of hydrogen-bond acceptors (Lipinski definition) is 3. The molecule has 0 fully saturated rings. The van der Waals surface area contributed by atoms with Crippen molar-refractivity contribution >= 4 is 23.0 Å². The number of anilines is 1. The van der Waals surface area contributed by atoms with Gasteiger partial charge in [0.05, 0.1) is 5.56 Å². The van der Waals surface area contributed by atoms with Crippen LogP contribution in [0.15, 0.2) is 29.6 Å². The molecule has 0 radical (unpaired) electrons. The van der Waals surface area contributed by atoms with Gasteiger partial charge in [-0.1, -0.05) is 13.0 Å². The van der Waals surface area contributed by atoms with Gasteiger partial charge in [0, 0.05) is 17.1 Å².